The smallest absolute Gasteiger partial charge is 0.238 e. The SMILES string of the molecule is Cc1ccc(F)c(NC(=O)C2(C(N)=NO)CCOCC2)c1. The van der Waals surface area contributed by atoms with Crippen molar-refractivity contribution in [2.24, 2.45) is 16.3 Å². The van der Waals surface area contributed by atoms with Gasteiger partial charge in [-0.05, 0) is 37.5 Å². The molecular weight excluding hydrogens is 277 g/mol. The summed E-state index contributed by atoms with van der Waals surface area (Å²) in [6.45, 7) is 2.43. The monoisotopic (exact) mass is 295 g/mol. The van der Waals surface area contributed by atoms with Gasteiger partial charge < -0.3 is 21.0 Å². The molecule has 0 bridgehead atoms. The molecule has 0 spiro atoms. The van der Waals surface area contributed by atoms with Crippen LogP contribution in [0.25, 0.3) is 0 Å². The number of nitrogens with zero attached hydrogens (tertiary/aromatic N) is 1. The van der Waals surface area contributed by atoms with Crippen LogP contribution >= 0.6 is 0 Å². The second kappa shape index (κ2) is 6.09. The third-order valence-electron chi connectivity index (χ3n) is 3.75. The van der Waals surface area contributed by atoms with Crippen molar-refractivity contribution in [2.75, 3.05) is 18.5 Å². The maximum absolute atomic E-state index is 13.8. The second-order valence-corrected chi connectivity index (χ2v) is 5.12. The number of oxime groups is 1. The molecule has 4 N–H and O–H groups in total. The molecule has 6 nitrogen and oxygen atoms in total. The molecule has 0 saturated carbocycles. The lowest BCUT2D eigenvalue weighted by molar-refractivity contribution is -0.126. The van der Waals surface area contributed by atoms with Gasteiger partial charge in [-0.1, -0.05) is 11.2 Å². The molecule has 1 heterocycles. The zero-order valence-electron chi connectivity index (χ0n) is 11.7. The second-order valence-electron chi connectivity index (χ2n) is 5.12. The molecule has 0 unspecified atom stereocenters. The number of amides is 1. The lowest BCUT2D eigenvalue weighted by Gasteiger charge is -2.34. The molecule has 0 radical (unpaired) electrons. The van der Waals surface area contributed by atoms with Crippen molar-refractivity contribution >= 4 is 17.4 Å². The molecule has 0 aromatic heterocycles. The summed E-state index contributed by atoms with van der Waals surface area (Å²) in [4.78, 5) is 12.5. The summed E-state index contributed by atoms with van der Waals surface area (Å²) in [7, 11) is 0. The highest BCUT2D eigenvalue weighted by molar-refractivity contribution is 6.12. The molecule has 1 aromatic rings. The number of carbonyl (C=O) groups is 1. The first-order chi connectivity index (χ1) is 9.99. The Labute approximate surface area is 121 Å². The van der Waals surface area contributed by atoms with Crippen molar-refractivity contribution in [3.05, 3.63) is 29.6 Å². The Hall–Kier alpha value is -2.15. The Morgan fingerprint density at radius 2 is 2.14 bits per heavy atom. The van der Waals surface area contributed by atoms with Crippen LogP contribution < -0.4 is 11.1 Å². The zero-order chi connectivity index (χ0) is 15.5. The largest absolute Gasteiger partial charge is 0.409 e. The highest BCUT2D eigenvalue weighted by Gasteiger charge is 2.44. The fraction of sp³-hybridized carbons (Fsp3) is 0.429. The predicted molar refractivity (Wildman–Crippen MR) is 75.7 cm³/mol. The number of rotatable bonds is 3. The molecule has 1 aliphatic heterocycles. The van der Waals surface area contributed by atoms with Crippen LogP contribution in [0.4, 0.5) is 10.1 Å². The number of ether oxygens (including phenoxy) is 1. The Morgan fingerprint density at radius 3 is 2.76 bits per heavy atom. The summed E-state index contributed by atoms with van der Waals surface area (Å²) in [6, 6.07) is 4.43. The molecule has 1 aliphatic rings. The summed E-state index contributed by atoms with van der Waals surface area (Å²) in [5, 5.41) is 14.4. The molecule has 2 rings (SSSR count). The topological polar surface area (TPSA) is 96.9 Å². The number of nitrogens with one attached hydrogen (secondary N) is 1. The number of amidine groups is 1. The van der Waals surface area contributed by atoms with Crippen LogP contribution in [-0.4, -0.2) is 30.2 Å². The van der Waals surface area contributed by atoms with E-state index in [1.165, 1.54) is 12.1 Å². The Balaban J connectivity index is 2.29. The highest BCUT2D eigenvalue weighted by Crippen LogP contribution is 2.33. The molecule has 1 fully saturated rings. The molecule has 0 aliphatic carbocycles. The van der Waals surface area contributed by atoms with Crippen molar-refractivity contribution in [2.45, 2.75) is 19.8 Å². The van der Waals surface area contributed by atoms with E-state index in [2.05, 4.69) is 10.5 Å². The van der Waals surface area contributed by atoms with Crippen LogP contribution in [-0.2, 0) is 9.53 Å². The number of anilines is 1. The maximum atomic E-state index is 13.8. The Kier molecular flexibility index (Phi) is 4.42. The third-order valence-corrected chi connectivity index (χ3v) is 3.75. The van der Waals surface area contributed by atoms with Crippen molar-refractivity contribution in [1.82, 2.24) is 0 Å². The van der Waals surface area contributed by atoms with Crippen molar-refractivity contribution < 1.29 is 19.1 Å². The summed E-state index contributed by atoms with van der Waals surface area (Å²) >= 11 is 0. The van der Waals surface area contributed by atoms with Crippen molar-refractivity contribution in [3.63, 3.8) is 0 Å². The van der Waals surface area contributed by atoms with Crippen molar-refractivity contribution in [1.29, 1.82) is 0 Å². The minimum absolute atomic E-state index is 0.0802. The van der Waals surface area contributed by atoms with Gasteiger partial charge in [0.25, 0.3) is 0 Å². The molecular formula is C14H18FN3O3. The van der Waals surface area contributed by atoms with Gasteiger partial charge in [0.2, 0.25) is 5.91 Å². The fourth-order valence-corrected chi connectivity index (χ4v) is 2.39. The first kappa shape index (κ1) is 15.2. The molecule has 114 valence electrons. The lowest BCUT2D eigenvalue weighted by Crippen LogP contribution is -2.50. The van der Waals surface area contributed by atoms with E-state index in [0.717, 1.165) is 5.56 Å². The highest BCUT2D eigenvalue weighted by atomic mass is 19.1. The Bertz CT molecular complexity index is 569. The quantitative estimate of drug-likeness (QED) is 0.341. The van der Waals surface area contributed by atoms with E-state index in [1.54, 1.807) is 13.0 Å². The van der Waals surface area contributed by atoms with Crippen LogP contribution in [0.15, 0.2) is 23.4 Å². The van der Waals surface area contributed by atoms with Gasteiger partial charge in [-0.25, -0.2) is 4.39 Å². The first-order valence-corrected chi connectivity index (χ1v) is 6.63. The molecule has 7 heteroatoms. The molecule has 21 heavy (non-hydrogen) atoms. The van der Waals surface area contributed by atoms with E-state index in [1.807, 2.05) is 0 Å². The number of nitrogens with two attached hydrogens (primary N) is 1. The fourth-order valence-electron chi connectivity index (χ4n) is 2.39. The van der Waals surface area contributed by atoms with Gasteiger partial charge in [-0.15, -0.1) is 0 Å². The minimum Gasteiger partial charge on any atom is -0.409 e. The number of aryl methyl sites for hydroxylation is 1. The van der Waals surface area contributed by atoms with E-state index in [4.69, 9.17) is 15.7 Å². The van der Waals surface area contributed by atoms with Gasteiger partial charge in [-0.3, -0.25) is 4.79 Å². The van der Waals surface area contributed by atoms with E-state index >= 15 is 0 Å². The number of halogens is 1. The van der Waals surface area contributed by atoms with E-state index in [0.29, 0.717) is 13.2 Å². The van der Waals surface area contributed by atoms with Crippen LogP contribution in [0.1, 0.15) is 18.4 Å². The van der Waals surface area contributed by atoms with Gasteiger partial charge in [0.1, 0.15) is 11.2 Å². The molecule has 0 atom stereocenters. The van der Waals surface area contributed by atoms with E-state index in [9.17, 15) is 9.18 Å². The van der Waals surface area contributed by atoms with Crippen LogP contribution in [0, 0.1) is 18.2 Å². The zero-order valence-corrected chi connectivity index (χ0v) is 11.7. The van der Waals surface area contributed by atoms with E-state index in [-0.39, 0.29) is 24.4 Å². The third kappa shape index (κ3) is 2.97. The number of carbonyl (C=O) groups excluding carboxylic acids is 1. The molecule has 1 aromatic carbocycles. The maximum Gasteiger partial charge on any atom is 0.238 e. The van der Waals surface area contributed by atoms with Crippen LogP contribution in [0.5, 0.6) is 0 Å². The van der Waals surface area contributed by atoms with Crippen LogP contribution in [0.3, 0.4) is 0 Å². The predicted octanol–water partition coefficient (Wildman–Crippen LogP) is 1.62. The lowest BCUT2D eigenvalue weighted by atomic mass is 9.78. The van der Waals surface area contributed by atoms with E-state index < -0.39 is 17.1 Å². The summed E-state index contributed by atoms with van der Waals surface area (Å²) in [5.74, 6) is -1.21. The summed E-state index contributed by atoms with van der Waals surface area (Å²) < 4.78 is 19.0. The standard InChI is InChI=1S/C14H18FN3O3/c1-9-2-3-10(15)11(8-9)17-13(19)14(12(16)18-20)4-6-21-7-5-14/h2-3,8,20H,4-7H2,1H3,(H2,16,18)(H,17,19). The van der Waals surface area contributed by atoms with Gasteiger partial charge >= 0.3 is 0 Å². The van der Waals surface area contributed by atoms with Gasteiger partial charge in [-0.2, -0.15) is 0 Å². The van der Waals surface area contributed by atoms with Crippen LogP contribution in [0.2, 0.25) is 0 Å². The normalized spacial score (nSPS) is 18.3. The average Bonchev–Trinajstić information content (AvgIpc) is 2.50. The number of hydrogen-bond donors (Lipinski definition) is 3. The molecule has 1 amide bonds. The minimum atomic E-state index is -1.18. The first-order valence-electron chi connectivity index (χ1n) is 6.63. The number of benzene rings is 1. The molecule has 1 saturated heterocycles. The van der Waals surface area contributed by atoms with Gasteiger partial charge in [0.15, 0.2) is 5.84 Å². The summed E-state index contributed by atoms with van der Waals surface area (Å²) in [5.41, 5.74) is 5.41. The average molecular weight is 295 g/mol. The van der Waals surface area contributed by atoms with Gasteiger partial charge in [0.05, 0.1) is 5.69 Å². The van der Waals surface area contributed by atoms with Gasteiger partial charge in [0, 0.05) is 13.2 Å². The number of hydrogen-bond acceptors (Lipinski definition) is 4. The van der Waals surface area contributed by atoms with Crippen molar-refractivity contribution in [3.8, 4) is 0 Å². The Morgan fingerprint density at radius 1 is 1.48 bits per heavy atom. The summed E-state index contributed by atoms with van der Waals surface area (Å²) in [6.07, 6.45) is 0.560.